The maximum absolute atomic E-state index is 11.2. The van der Waals surface area contributed by atoms with Crippen LogP contribution in [0.2, 0.25) is 0 Å². The van der Waals surface area contributed by atoms with Crippen molar-refractivity contribution in [1.82, 2.24) is 0 Å². The van der Waals surface area contributed by atoms with Crippen LogP contribution in [0.5, 0.6) is 11.5 Å². The van der Waals surface area contributed by atoms with Crippen molar-refractivity contribution in [2.75, 3.05) is 31.7 Å². The fraction of sp³-hybridized carbons (Fsp3) is 0.562. The van der Waals surface area contributed by atoms with Crippen molar-refractivity contribution >= 4 is 12.0 Å². The molecule has 0 spiro atoms. The Balaban J connectivity index is 3.14. The molecule has 1 rings (SSSR count). The van der Waals surface area contributed by atoms with Crippen LogP contribution in [0.3, 0.4) is 0 Å². The molecule has 4 nitrogen and oxygen atoms in total. The standard InChI is InChI=1S/C16H25NO3/c1-5-8-9-20-15-11-14(17(6-2)7-3)16(19-4)10-13(15)12-18/h10-12H,5-9H2,1-4H3. The molecule has 0 N–H and O–H groups in total. The average Bonchev–Trinajstić information content (AvgIpc) is 2.49. The van der Waals surface area contributed by atoms with Crippen LogP contribution >= 0.6 is 0 Å². The Kier molecular flexibility index (Phi) is 6.91. The van der Waals surface area contributed by atoms with Crippen LogP contribution in [0.15, 0.2) is 12.1 Å². The average molecular weight is 279 g/mol. The highest BCUT2D eigenvalue weighted by atomic mass is 16.5. The molecule has 0 saturated heterocycles. The van der Waals surface area contributed by atoms with Gasteiger partial charge in [0.2, 0.25) is 0 Å². The number of nitrogens with zero attached hydrogens (tertiary/aromatic N) is 1. The minimum absolute atomic E-state index is 0.536. The first-order chi connectivity index (χ1) is 9.71. The van der Waals surface area contributed by atoms with Crippen LogP contribution in [0, 0.1) is 0 Å². The van der Waals surface area contributed by atoms with E-state index in [4.69, 9.17) is 9.47 Å². The molecule has 0 aliphatic heterocycles. The Hall–Kier alpha value is -1.71. The van der Waals surface area contributed by atoms with Gasteiger partial charge < -0.3 is 14.4 Å². The van der Waals surface area contributed by atoms with E-state index in [2.05, 4.69) is 25.7 Å². The second kappa shape index (κ2) is 8.46. The van der Waals surface area contributed by atoms with Crippen molar-refractivity contribution < 1.29 is 14.3 Å². The van der Waals surface area contributed by atoms with Gasteiger partial charge in [0, 0.05) is 19.2 Å². The summed E-state index contributed by atoms with van der Waals surface area (Å²) in [5.74, 6) is 1.34. The Bertz CT molecular complexity index is 428. The predicted octanol–water partition coefficient (Wildman–Crippen LogP) is 3.53. The Morgan fingerprint density at radius 1 is 1.15 bits per heavy atom. The summed E-state index contributed by atoms with van der Waals surface area (Å²) in [4.78, 5) is 13.4. The SMILES string of the molecule is CCCCOc1cc(N(CC)CC)c(OC)cc1C=O. The molecular formula is C16H25NO3. The lowest BCUT2D eigenvalue weighted by molar-refractivity contribution is 0.111. The third-order valence-electron chi connectivity index (χ3n) is 3.30. The van der Waals surface area contributed by atoms with Crippen LogP contribution in [-0.2, 0) is 0 Å². The van der Waals surface area contributed by atoms with Gasteiger partial charge in [-0.05, 0) is 26.3 Å². The minimum atomic E-state index is 0.536. The smallest absolute Gasteiger partial charge is 0.153 e. The lowest BCUT2D eigenvalue weighted by Crippen LogP contribution is -2.22. The fourth-order valence-electron chi connectivity index (χ4n) is 2.08. The van der Waals surface area contributed by atoms with Crippen LogP contribution in [-0.4, -0.2) is 33.1 Å². The number of carbonyl (C=O) groups excluding carboxylic acids is 1. The first kappa shape index (κ1) is 16.3. The van der Waals surface area contributed by atoms with Crippen molar-refractivity contribution in [3.8, 4) is 11.5 Å². The van der Waals surface area contributed by atoms with Crippen LogP contribution in [0.1, 0.15) is 44.0 Å². The summed E-state index contributed by atoms with van der Waals surface area (Å²) < 4.78 is 11.1. The number of anilines is 1. The molecular weight excluding hydrogens is 254 g/mol. The van der Waals surface area contributed by atoms with Crippen LogP contribution in [0.4, 0.5) is 5.69 Å². The van der Waals surface area contributed by atoms with E-state index >= 15 is 0 Å². The van der Waals surface area contributed by atoms with E-state index in [0.717, 1.165) is 37.9 Å². The molecule has 4 heteroatoms. The first-order valence-corrected chi connectivity index (χ1v) is 7.26. The molecule has 0 aliphatic rings. The molecule has 0 saturated carbocycles. The van der Waals surface area contributed by atoms with E-state index in [1.165, 1.54) is 0 Å². The van der Waals surface area contributed by atoms with E-state index in [1.54, 1.807) is 13.2 Å². The number of rotatable bonds is 9. The summed E-state index contributed by atoms with van der Waals surface area (Å²) in [6, 6.07) is 3.66. The third-order valence-corrected chi connectivity index (χ3v) is 3.30. The van der Waals surface area contributed by atoms with Gasteiger partial charge in [0.1, 0.15) is 11.5 Å². The zero-order valence-corrected chi connectivity index (χ0v) is 12.9. The Labute approximate surface area is 121 Å². The van der Waals surface area contributed by atoms with E-state index in [0.29, 0.717) is 23.7 Å². The van der Waals surface area contributed by atoms with Gasteiger partial charge in [-0.25, -0.2) is 0 Å². The van der Waals surface area contributed by atoms with Crippen LogP contribution < -0.4 is 14.4 Å². The van der Waals surface area contributed by atoms with Gasteiger partial charge in [-0.1, -0.05) is 13.3 Å². The predicted molar refractivity (Wildman–Crippen MR) is 82.3 cm³/mol. The normalized spacial score (nSPS) is 10.2. The highest BCUT2D eigenvalue weighted by Gasteiger charge is 2.15. The number of ether oxygens (including phenoxy) is 2. The highest BCUT2D eigenvalue weighted by Crippen LogP contribution is 2.35. The van der Waals surface area contributed by atoms with Gasteiger partial charge >= 0.3 is 0 Å². The van der Waals surface area contributed by atoms with Crippen molar-refractivity contribution in [2.24, 2.45) is 0 Å². The molecule has 0 fully saturated rings. The van der Waals surface area contributed by atoms with Gasteiger partial charge in [0.25, 0.3) is 0 Å². The summed E-state index contributed by atoms with van der Waals surface area (Å²) >= 11 is 0. The van der Waals surface area contributed by atoms with Gasteiger partial charge in [0.05, 0.1) is 25.0 Å². The van der Waals surface area contributed by atoms with Crippen molar-refractivity contribution in [3.63, 3.8) is 0 Å². The highest BCUT2D eigenvalue weighted by molar-refractivity contribution is 5.83. The fourth-order valence-corrected chi connectivity index (χ4v) is 2.08. The zero-order valence-electron chi connectivity index (χ0n) is 12.9. The molecule has 0 aromatic heterocycles. The molecule has 0 atom stereocenters. The lowest BCUT2D eigenvalue weighted by atomic mass is 10.1. The first-order valence-electron chi connectivity index (χ1n) is 7.26. The topological polar surface area (TPSA) is 38.8 Å². The maximum atomic E-state index is 11.2. The van der Waals surface area contributed by atoms with E-state index in [1.807, 2.05) is 6.07 Å². The largest absolute Gasteiger partial charge is 0.495 e. The zero-order chi connectivity index (χ0) is 15.0. The molecule has 0 radical (unpaired) electrons. The van der Waals surface area contributed by atoms with E-state index in [9.17, 15) is 4.79 Å². The van der Waals surface area contributed by atoms with Gasteiger partial charge in [-0.15, -0.1) is 0 Å². The van der Waals surface area contributed by atoms with Gasteiger partial charge in [0.15, 0.2) is 6.29 Å². The number of methoxy groups -OCH3 is 1. The summed E-state index contributed by atoms with van der Waals surface area (Å²) in [7, 11) is 1.62. The second-order valence-electron chi connectivity index (χ2n) is 4.55. The molecule has 0 unspecified atom stereocenters. The van der Waals surface area contributed by atoms with Crippen LogP contribution in [0.25, 0.3) is 0 Å². The molecule has 112 valence electrons. The number of hydrogen-bond acceptors (Lipinski definition) is 4. The van der Waals surface area contributed by atoms with E-state index < -0.39 is 0 Å². The number of hydrogen-bond donors (Lipinski definition) is 0. The number of unbranched alkanes of at least 4 members (excludes halogenated alkanes) is 1. The second-order valence-corrected chi connectivity index (χ2v) is 4.55. The van der Waals surface area contributed by atoms with Gasteiger partial charge in [-0.3, -0.25) is 4.79 Å². The number of carbonyl (C=O) groups is 1. The monoisotopic (exact) mass is 279 g/mol. The van der Waals surface area contributed by atoms with Gasteiger partial charge in [-0.2, -0.15) is 0 Å². The maximum Gasteiger partial charge on any atom is 0.153 e. The molecule has 0 amide bonds. The lowest BCUT2D eigenvalue weighted by Gasteiger charge is -2.24. The molecule has 20 heavy (non-hydrogen) atoms. The quantitative estimate of drug-likeness (QED) is 0.512. The van der Waals surface area contributed by atoms with Crippen molar-refractivity contribution in [1.29, 1.82) is 0 Å². The summed E-state index contributed by atoms with van der Waals surface area (Å²) in [6.45, 7) is 8.67. The summed E-state index contributed by atoms with van der Waals surface area (Å²) in [5.41, 5.74) is 1.50. The Morgan fingerprint density at radius 2 is 1.85 bits per heavy atom. The van der Waals surface area contributed by atoms with E-state index in [-0.39, 0.29) is 0 Å². The number of benzene rings is 1. The molecule has 1 aromatic rings. The van der Waals surface area contributed by atoms with Crippen molar-refractivity contribution in [3.05, 3.63) is 17.7 Å². The third kappa shape index (κ3) is 3.89. The Morgan fingerprint density at radius 3 is 2.35 bits per heavy atom. The summed E-state index contributed by atoms with van der Waals surface area (Å²) in [5, 5.41) is 0. The molecule has 0 heterocycles. The summed E-state index contributed by atoms with van der Waals surface area (Å²) in [6.07, 6.45) is 2.86. The minimum Gasteiger partial charge on any atom is -0.495 e. The molecule has 0 bridgehead atoms. The molecule has 1 aromatic carbocycles. The van der Waals surface area contributed by atoms with Crippen molar-refractivity contribution in [2.45, 2.75) is 33.6 Å². The molecule has 0 aliphatic carbocycles. The number of aldehydes is 1.